The Morgan fingerprint density at radius 3 is 2.24 bits per heavy atom. The standard InChI is InChI=1S/C23H25N3O8/c1-5-11-32-20(27)13-16(22(29)33-12-6-2)24-21(28)15-9-7-8-10-17(15)34-23-25-18(30-3)14-19(26-23)31-4/h5-10,14,16H,1-2,11-13H2,3-4H3,(H,24,28). The number of amides is 1. The number of methoxy groups -OCH3 is 2. The average Bonchev–Trinajstić information content (AvgIpc) is 2.85. The molecular weight excluding hydrogens is 446 g/mol. The number of carbonyl (C=O) groups is 3. The number of hydrogen-bond acceptors (Lipinski definition) is 10. The Labute approximate surface area is 196 Å². The van der Waals surface area contributed by atoms with Gasteiger partial charge in [-0.25, -0.2) is 4.79 Å². The Kier molecular flexibility index (Phi) is 10.0. The van der Waals surface area contributed by atoms with Crippen LogP contribution in [-0.4, -0.2) is 61.3 Å². The molecule has 1 amide bonds. The van der Waals surface area contributed by atoms with Crippen molar-refractivity contribution in [3.63, 3.8) is 0 Å². The van der Waals surface area contributed by atoms with Crippen LogP contribution in [0.15, 0.2) is 55.6 Å². The zero-order valence-corrected chi connectivity index (χ0v) is 18.8. The first-order valence-electron chi connectivity index (χ1n) is 10.0. The summed E-state index contributed by atoms with van der Waals surface area (Å²) in [4.78, 5) is 45.6. The molecule has 34 heavy (non-hydrogen) atoms. The average molecular weight is 471 g/mol. The van der Waals surface area contributed by atoms with Crippen LogP contribution in [0, 0.1) is 0 Å². The number of hydrogen-bond donors (Lipinski definition) is 1. The lowest BCUT2D eigenvalue weighted by atomic mass is 10.1. The van der Waals surface area contributed by atoms with E-state index in [9.17, 15) is 14.4 Å². The van der Waals surface area contributed by atoms with Gasteiger partial charge in [-0.2, -0.15) is 9.97 Å². The van der Waals surface area contributed by atoms with Gasteiger partial charge in [0.2, 0.25) is 11.8 Å². The predicted molar refractivity (Wildman–Crippen MR) is 120 cm³/mol. The summed E-state index contributed by atoms with van der Waals surface area (Å²) in [6, 6.07) is 6.20. The van der Waals surface area contributed by atoms with Crippen molar-refractivity contribution in [3.05, 3.63) is 61.2 Å². The predicted octanol–water partition coefficient (Wildman–Crippen LogP) is 2.23. The van der Waals surface area contributed by atoms with E-state index in [1.165, 1.54) is 44.6 Å². The zero-order chi connectivity index (χ0) is 24.9. The summed E-state index contributed by atoms with van der Waals surface area (Å²) in [5.74, 6) is -1.80. The van der Waals surface area contributed by atoms with E-state index in [1.54, 1.807) is 12.1 Å². The van der Waals surface area contributed by atoms with Crippen molar-refractivity contribution in [1.82, 2.24) is 15.3 Å². The molecule has 0 fully saturated rings. The lowest BCUT2D eigenvalue weighted by molar-refractivity contribution is -0.151. The van der Waals surface area contributed by atoms with Crippen LogP contribution in [0.25, 0.3) is 0 Å². The number of aromatic nitrogens is 2. The van der Waals surface area contributed by atoms with E-state index in [2.05, 4.69) is 28.4 Å². The molecule has 2 rings (SSSR count). The van der Waals surface area contributed by atoms with Gasteiger partial charge in [0.15, 0.2) is 0 Å². The van der Waals surface area contributed by atoms with E-state index in [4.69, 9.17) is 23.7 Å². The maximum Gasteiger partial charge on any atom is 0.329 e. The van der Waals surface area contributed by atoms with E-state index in [0.29, 0.717) is 0 Å². The molecule has 0 aliphatic rings. The second-order valence-electron chi connectivity index (χ2n) is 6.45. The first kappa shape index (κ1) is 25.8. The van der Waals surface area contributed by atoms with E-state index < -0.39 is 30.3 Å². The van der Waals surface area contributed by atoms with E-state index in [1.807, 2.05) is 0 Å². The highest BCUT2D eigenvalue weighted by Crippen LogP contribution is 2.26. The van der Waals surface area contributed by atoms with Gasteiger partial charge in [-0.1, -0.05) is 37.4 Å². The molecule has 2 aromatic rings. The first-order valence-corrected chi connectivity index (χ1v) is 10.0. The monoisotopic (exact) mass is 471 g/mol. The van der Waals surface area contributed by atoms with Gasteiger partial charge in [0, 0.05) is 0 Å². The minimum Gasteiger partial charge on any atom is -0.481 e. The van der Waals surface area contributed by atoms with Gasteiger partial charge < -0.3 is 29.0 Å². The van der Waals surface area contributed by atoms with Gasteiger partial charge >= 0.3 is 17.9 Å². The fraction of sp³-hybridized carbons (Fsp3) is 0.261. The fourth-order valence-electron chi connectivity index (χ4n) is 2.53. The summed E-state index contributed by atoms with van der Waals surface area (Å²) >= 11 is 0. The number of nitrogens with zero attached hydrogens (tertiary/aromatic N) is 2. The summed E-state index contributed by atoms with van der Waals surface area (Å²) in [5, 5.41) is 2.48. The molecule has 1 aromatic carbocycles. The van der Waals surface area contributed by atoms with Gasteiger partial charge in [-0.3, -0.25) is 9.59 Å². The summed E-state index contributed by atoms with van der Waals surface area (Å²) < 4.78 is 25.8. The van der Waals surface area contributed by atoms with Crippen molar-refractivity contribution < 1.29 is 38.1 Å². The lowest BCUT2D eigenvalue weighted by Crippen LogP contribution is -2.43. The molecule has 0 radical (unpaired) electrons. The van der Waals surface area contributed by atoms with Crippen LogP contribution in [-0.2, 0) is 19.1 Å². The highest BCUT2D eigenvalue weighted by atomic mass is 16.5. The van der Waals surface area contributed by atoms with Crippen molar-refractivity contribution in [2.24, 2.45) is 0 Å². The highest BCUT2D eigenvalue weighted by molar-refractivity contribution is 5.99. The molecule has 0 saturated heterocycles. The Hall–Kier alpha value is -4.41. The molecule has 1 aromatic heterocycles. The second-order valence-corrected chi connectivity index (χ2v) is 6.45. The molecule has 1 heterocycles. The molecule has 0 bridgehead atoms. The summed E-state index contributed by atoms with van der Waals surface area (Å²) in [6.07, 6.45) is 2.29. The third-order valence-electron chi connectivity index (χ3n) is 4.08. The van der Waals surface area contributed by atoms with Crippen LogP contribution < -0.4 is 19.5 Å². The number of nitrogens with one attached hydrogen (secondary N) is 1. The van der Waals surface area contributed by atoms with Crippen molar-refractivity contribution in [1.29, 1.82) is 0 Å². The van der Waals surface area contributed by atoms with Crippen LogP contribution in [0.3, 0.4) is 0 Å². The Morgan fingerprint density at radius 2 is 1.62 bits per heavy atom. The Bertz CT molecular complexity index is 1020. The van der Waals surface area contributed by atoms with E-state index in [-0.39, 0.29) is 42.3 Å². The smallest absolute Gasteiger partial charge is 0.329 e. The Morgan fingerprint density at radius 1 is 1.00 bits per heavy atom. The third kappa shape index (κ3) is 7.62. The maximum atomic E-state index is 13.0. The van der Waals surface area contributed by atoms with Crippen LogP contribution >= 0.6 is 0 Å². The van der Waals surface area contributed by atoms with Crippen LogP contribution in [0.4, 0.5) is 0 Å². The number of esters is 2. The maximum absolute atomic E-state index is 13.0. The van der Waals surface area contributed by atoms with Gasteiger partial charge in [-0.15, -0.1) is 0 Å². The van der Waals surface area contributed by atoms with Crippen LogP contribution in [0.1, 0.15) is 16.8 Å². The molecule has 1 unspecified atom stereocenters. The molecule has 0 aliphatic heterocycles. The van der Waals surface area contributed by atoms with Crippen LogP contribution in [0.5, 0.6) is 23.5 Å². The van der Waals surface area contributed by atoms with Gasteiger partial charge in [0.25, 0.3) is 5.91 Å². The number of para-hydroxylation sites is 1. The number of rotatable bonds is 13. The number of benzene rings is 1. The molecular formula is C23H25N3O8. The molecule has 0 saturated carbocycles. The first-order chi connectivity index (χ1) is 16.4. The van der Waals surface area contributed by atoms with Crippen molar-refractivity contribution in [3.8, 4) is 23.5 Å². The molecule has 11 heteroatoms. The largest absolute Gasteiger partial charge is 0.481 e. The quantitative estimate of drug-likeness (QED) is 0.342. The molecule has 0 spiro atoms. The minimum atomic E-state index is -1.31. The normalized spacial score (nSPS) is 10.9. The number of ether oxygens (including phenoxy) is 5. The molecule has 0 aliphatic carbocycles. The van der Waals surface area contributed by atoms with Crippen molar-refractivity contribution >= 4 is 17.8 Å². The highest BCUT2D eigenvalue weighted by Gasteiger charge is 2.27. The molecule has 1 N–H and O–H groups in total. The summed E-state index contributed by atoms with van der Waals surface area (Å²) in [5.41, 5.74) is 0.0499. The lowest BCUT2D eigenvalue weighted by Gasteiger charge is -2.17. The van der Waals surface area contributed by atoms with Gasteiger partial charge in [0.1, 0.15) is 25.0 Å². The summed E-state index contributed by atoms with van der Waals surface area (Å²) in [7, 11) is 2.83. The Balaban J connectivity index is 2.26. The van der Waals surface area contributed by atoms with E-state index in [0.717, 1.165) is 0 Å². The van der Waals surface area contributed by atoms with Gasteiger partial charge in [0.05, 0.1) is 32.3 Å². The SMILES string of the molecule is C=CCOC(=O)CC(NC(=O)c1ccccc1Oc1nc(OC)cc(OC)n1)C(=O)OCC=C. The fourth-order valence-corrected chi connectivity index (χ4v) is 2.53. The van der Waals surface area contributed by atoms with Crippen molar-refractivity contribution in [2.45, 2.75) is 12.5 Å². The van der Waals surface area contributed by atoms with Crippen LogP contribution in [0.2, 0.25) is 0 Å². The summed E-state index contributed by atoms with van der Waals surface area (Å²) in [6.45, 7) is 6.78. The molecule has 11 nitrogen and oxygen atoms in total. The molecule has 180 valence electrons. The second kappa shape index (κ2) is 13.2. The minimum absolute atomic E-state index is 0.0398. The third-order valence-corrected chi connectivity index (χ3v) is 4.08. The topological polar surface area (TPSA) is 135 Å². The molecule has 1 atom stereocenters. The zero-order valence-electron chi connectivity index (χ0n) is 18.8. The van der Waals surface area contributed by atoms with Crippen molar-refractivity contribution in [2.75, 3.05) is 27.4 Å². The number of carbonyl (C=O) groups excluding carboxylic acids is 3. The van der Waals surface area contributed by atoms with Gasteiger partial charge in [-0.05, 0) is 12.1 Å². The van der Waals surface area contributed by atoms with E-state index >= 15 is 0 Å².